The molecule has 1 N–H and O–H groups in total. The zero-order chi connectivity index (χ0) is 17.9. The normalized spacial score (nSPS) is 16.7. The number of hydrogen-bond donors (Lipinski definition) is 1. The first kappa shape index (κ1) is 16.3. The zero-order valence-corrected chi connectivity index (χ0v) is 14.6. The van der Waals surface area contributed by atoms with Crippen molar-refractivity contribution in [2.75, 3.05) is 11.9 Å². The minimum absolute atomic E-state index is 0.145. The van der Waals surface area contributed by atoms with Crippen LogP contribution in [0, 0.1) is 6.92 Å². The third kappa shape index (κ3) is 3.31. The molecule has 3 aromatic rings. The molecule has 1 aliphatic heterocycles. The Labute approximate surface area is 151 Å². The maximum Gasteiger partial charge on any atom is 0.322 e. The van der Waals surface area contributed by atoms with E-state index in [0.29, 0.717) is 18.3 Å². The van der Waals surface area contributed by atoms with Gasteiger partial charge in [0.15, 0.2) is 0 Å². The number of carbonyl (C=O) groups is 1. The highest BCUT2D eigenvalue weighted by molar-refractivity contribution is 5.89. The summed E-state index contributed by atoms with van der Waals surface area (Å²) in [5.74, 6) is 1.04. The summed E-state index contributed by atoms with van der Waals surface area (Å²) in [4.78, 5) is 18.9. The van der Waals surface area contributed by atoms with Crippen LogP contribution in [-0.4, -0.2) is 27.6 Å². The highest BCUT2D eigenvalue weighted by atomic mass is 16.5. The molecular weight excluding hydrogens is 328 g/mol. The molecule has 132 valence electrons. The fourth-order valence-corrected chi connectivity index (χ4v) is 3.17. The van der Waals surface area contributed by atoms with Crippen molar-refractivity contribution in [3.05, 3.63) is 66.1 Å². The molecule has 0 bridgehead atoms. The molecule has 0 radical (unpaired) electrons. The maximum atomic E-state index is 12.6. The number of nitrogens with one attached hydrogen (secondary N) is 1. The number of amides is 2. The predicted molar refractivity (Wildman–Crippen MR) is 98.6 cm³/mol. The summed E-state index contributed by atoms with van der Waals surface area (Å²) in [5, 5.41) is 7.02. The average Bonchev–Trinajstić information content (AvgIpc) is 3.32. The quantitative estimate of drug-likeness (QED) is 0.761. The monoisotopic (exact) mass is 348 g/mol. The smallest absolute Gasteiger partial charge is 0.322 e. The number of urea groups is 1. The number of hydrogen-bond acceptors (Lipinski definition) is 4. The molecular formula is C20H20N4O2. The van der Waals surface area contributed by atoms with E-state index in [1.54, 1.807) is 4.90 Å². The van der Waals surface area contributed by atoms with E-state index in [9.17, 15) is 4.79 Å². The lowest BCUT2D eigenvalue weighted by molar-refractivity contribution is 0.193. The van der Waals surface area contributed by atoms with Crippen molar-refractivity contribution in [1.29, 1.82) is 0 Å². The Hall–Kier alpha value is -3.15. The number of aryl methyl sites for hydroxylation is 1. The fraction of sp³-hybridized carbons (Fsp3) is 0.250. The molecule has 1 aliphatic rings. The molecule has 0 aliphatic carbocycles. The first-order valence-corrected chi connectivity index (χ1v) is 8.74. The summed E-state index contributed by atoms with van der Waals surface area (Å²) in [6, 6.07) is 17.1. The van der Waals surface area contributed by atoms with E-state index in [0.717, 1.165) is 24.1 Å². The molecule has 1 aromatic heterocycles. The van der Waals surface area contributed by atoms with Gasteiger partial charge in [-0.05, 0) is 31.9 Å². The summed E-state index contributed by atoms with van der Waals surface area (Å²) in [6.07, 6.45) is 1.73. The summed E-state index contributed by atoms with van der Waals surface area (Å²) in [6.45, 7) is 2.71. The standard InChI is InChI=1S/C20H20N4O2/c1-14-9-11-15(12-10-14)18-22-19(26-23-18)17-8-5-13-24(17)20(25)21-16-6-3-2-4-7-16/h2-4,6-7,9-12,17H,5,8,13H2,1H3,(H,21,25)/t17-/m1/s1. The fourth-order valence-electron chi connectivity index (χ4n) is 3.17. The van der Waals surface area contributed by atoms with Gasteiger partial charge in [-0.3, -0.25) is 0 Å². The molecule has 0 unspecified atom stereocenters. The van der Waals surface area contributed by atoms with Crippen LogP contribution in [0.4, 0.5) is 10.5 Å². The van der Waals surface area contributed by atoms with Gasteiger partial charge in [0.1, 0.15) is 6.04 Å². The molecule has 0 spiro atoms. The minimum atomic E-state index is -0.189. The van der Waals surface area contributed by atoms with Crippen molar-refractivity contribution < 1.29 is 9.32 Å². The van der Waals surface area contributed by atoms with Crippen molar-refractivity contribution in [2.45, 2.75) is 25.8 Å². The van der Waals surface area contributed by atoms with Gasteiger partial charge in [0.2, 0.25) is 11.7 Å². The van der Waals surface area contributed by atoms with Crippen LogP contribution < -0.4 is 5.32 Å². The van der Waals surface area contributed by atoms with Gasteiger partial charge in [0.05, 0.1) is 0 Å². The van der Waals surface area contributed by atoms with E-state index in [2.05, 4.69) is 15.5 Å². The van der Waals surface area contributed by atoms with Crippen molar-refractivity contribution in [1.82, 2.24) is 15.0 Å². The molecule has 0 saturated carbocycles. The Bertz CT molecular complexity index is 890. The third-order valence-electron chi connectivity index (χ3n) is 4.58. The van der Waals surface area contributed by atoms with Gasteiger partial charge >= 0.3 is 6.03 Å². The average molecular weight is 348 g/mol. The summed E-state index contributed by atoms with van der Waals surface area (Å²) in [7, 11) is 0. The van der Waals surface area contributed by atoms with Gasteiger partial charge in [0, 0.05) is 17.8 Å². The van der Waals surface area contributed by atoms with E-state index in [1.807, 2.05) is 61.5 Å². The number of para-hydroxylation sites is 1. The van der Waals surface area contributed by atoms with Crippen molar-refractivity contribution in [2.24, 2.45) is 0 Å². The lowest BCUT2D eigenvalue weighted by atomic mass is 10.1. The van der Waals surface area contributed by atoms with Crippen LogP contribution in [0.1, 0.15) is 30.3 Å². The van der Waals surface area contributed by atoms with Gasteiger partial charge < -0.3 is 14.7 Å². The second-order valence-electron chi connectivity index (χ2n) is 6.47. The van der Waals surface area contributed by atoms with E-state index in [4.69, 9.17) is 4.52 Å². The summed E-state index contributed by atoms with van der Waals surface area (Å²) < 4.78 is 5.48. The molecule has 2 amide bonds. The van der Waals surface area contributed by atoms with Crippen LogP contribution in [0.15, 0.2) is 59.1 Å². The zero-order valence-electron chi connectivity index (χ0n) is 14.6. The Morgan fingerprint density at radius 1 is 1.15 bits per heavy atom. The number of aromatic nitrogens is 2. The molecule has 1 fully saturated rings. The molecule has 6 nitrogen and oxygen atoms in total. The highest BCUT2D eigenvalue weighted by Crippen LogP contribution is 2.32. The van der Waals surface area contributed by atoms with E-state index in [-0.39, 0.29) is 12.1 Å². The molecule has 1 saturated heterocycles. The van der Waals surface area contributed by atoms with Crippen molar-refractivity contribution in [3.63, 3.8) is 0 Å². The second-order valence-corrected chi connectivity index (χ2v) is 6.47. The molecule has 26 heavy (non-hydrogen) atoms. The molecule has 2 aromatic carbocycles. The lowest BCUT2D eigenvalue weighted by Crippen LogP contribution is -2.34. The van der Waals surface area contributed by atoms with Gasteiger partial charge in [-0.15, -0.1) is 0 Å². The minimum Gasteiger partial charge on any atom is -0.337 e. The topological polar surface area (TPSA) is 71.3 Å². The highest BCUT2D eigenvalue weighted by Gasteiger charge is 2.34. The van der Waals surface area contributed by atoms with E-state index >= 15 is 0 Å². The number of rotatable bonds is 3. The summed E-state index contributed by atoms with van der Waals surface area (Å²) in [5.41, 5.74) is 2.86. The van der Waals surface area contributed by atoms with Crippen LogP contribution in [0.25, 0.3) is 11.4 Å². The second kappa shape index (κ2) is 7.00. The Kier molecular flexibility index (Phi) is 4.39. The number of anilines is 1. The van der Waals surface area contributed by atoms with Gasteiger partial charge in [-0.2, -0.15) is 4.98 Å². The van der Waals surface area contributed by atoms with Gasteiger partial charge in [0.25, 0.3) is 0 Å². The largest absolute Gasteiger partial charge is 0.337 e. The lowest BCUT2D eigenvalue weighted by Gasteiger charge is -2.22. The Morgan fingerprint density at radius 3 is 2.69 bits per heavy atom. The SMILES string of the molecule is Cc1ccc(-c2noc([C@H]3CCCN3C(=O)Nc3ccccc3)n2)cc1. The number of likely N-dealkylation sites (tertiary alicyclic amines) is 1. The number of benzene rings is 2. The van der Waals surface area contributed by atoms with E-state index < -0.39 is 0 Å². The number of carbonyl (C=O) groups excluding carboxylic acids is 1. The van der Waals surface area contributed by atoms with Crippen LogP contribution in [0.3, 0.4) is 0 Å². The maximum absolute atomic E-state index is 12.6. The summed E-state index contributed by atoms with van der Waals surface area (Å²) >= 11 is 0. The molecule has 1 atom stereocenters. The molecule has 4 rings (SSSR count). The molecule has 2 heterocycles. The van der Waals surface area contributed by atoms with Gasteiger partial charge in [-0.25, -0.2) is 4.79 Å². The van der Waals surface area contributed by atoms with Crippen LogP contribution >= 0.6 is 0 Å². The first-order chi connectivity index (χ1) is 12.7. The van der Waals surface area contributed by atoms with Crippen LogP contribution in [-0.2, 0) is 0 Å². The number of nitrogens with zero attached hydrogens (tertiary/aromatic N) is 3. The van der Waals surface area contributed by atoms with Crippen LogP contribution in [0.5, 0.6) is 0 Å². The Morgan fingerprint density at radius 2 is 1.92 bits per heavy atom. The Balaban J connectivity index is 1.51. The molecule has 6 heteroatoms. The van der Waals surface area contributed by atoms with E-state index in [1.165, 1.54) is 5.56 Å². The van der Waals surface area contributed by atoms with Gasteiger partial charge in [-0.1, -0.05) is 53.2 Å². The first-order valence-electron chi connectivity index (χ1n) is 8.74. The van der Waals surface area contributed by atoms with Crippen molar-refractivity contribution in [3.8, 4) is 11.4 Å². The van der Waals surface area contributed by atoms with Crippen LogP contribution in [0.2, 0.25) is 0 Å². The third-order valence-corrected chi connectivity index (χ3v) is 4.58. The predicted octanol–water partition coefficient (Wildman–Crippen LogP) is 4.41. The van der Waals surface area contributed by atoms with Crippen molar-refractivity contribution >= 4 is 11.7 Å².